The molecule has 12 heavy (non-hydrogen) atoms. The van der Waals surface area contributed by atoms with Crippen LogP contribution in [0.2, 0.25) is 0 Å². The topological polar surface area (TPSA) is 20.2 Å². The number of hydrogen-bond donors (Lipinski definition) is 1. The predicted molar refractivity (Wildman–Crippen MR) is 51.2 cm³/mol. The maximum absolute atomic E-state index is 9.02. The molecule has 0 heterocycles. The summed E-state index contributed by atoms with van der Waals surface area (Å²) in [6.45, 7) is 6.49. The molecule has 1 N–H and O–H groups in total. The molecule has 0 bridgehead atoms. The molecule has 0 fully saturated rings. The van der Waals surface area contributed by atoms with Gasteiger partial charge in [-0.05, 0) is 29.5 Å². The van der Waals surface area contributed by atoms with Gasteiger partial charge in [0.25, 0.3) is 0 Å². The lowest BCUT2D eigenvalue weighted by atomic mass is 9.98. The zero-order chi connectivity index (χ0) is 9.14. The number of rotatable bonds is 2. The van der Waals surface area contributed by atoms with Crippen LogP contribution in [0.25, 0.3) is 0 Å². The van der Waals surface area contributed by atoms with E-state index in [1.54, 1.807) is 0 Å². The van der Waals surface area contributed by atoms with Crippen LogP contribution in [0.3, 0.4) is 0 Å². The van der Waals surface area contributed by atoms with Crippen molar-refractivity contribution in [1.82, 2.24) is 0 Å². The lowest BCUT2D eigenvalue weighted by Crippen LogP contribution is -1.93. The number of hydrogen-bond acceptors (Lipinski definition) is 1. The third-order valence-electron chi connectivity index (χ3n) is 2.21. The smallest absolute Gasteiger partial charge is 0.0684 e. The molecule has 1 heteroatoms. The van der Waals surface area contributed by atoms with Crippen molar-refractivity contribution in [3.05, 3.63) is 34.9 Å². The van der Waals surface area contributed by atoms with E-state index in [9.17, 15) is 0 Å². The van der Waals surface area contributed by atoms with Crippen LogP contribution in [0.15, 0.2) is 18.2 Å². The fourth-order valence-electron chi connectivity index (χ4n) is 1.22. The van der Waals surface area contributed by atoms with Crippen LogP contribution in [0, 0.1) is 6.92 Å². The maximum atomic E-state index is 9.02. The summed E-state index contributed by atoms with van der Waals surface area (Å²) >= 11 is 0. The zero-order valence-electron chi connectivity index (χ0n) is 7.96. The second kappa shape index (κ2) is 3.72. The van der Waals surface area contributed by atoms with E-state index in [-0.39, 0.29) is 6.61 Å². The van der Waals surface area contributed by atoms with Gasteiger partial charge in [-0.1, -0.05) is 32.0 Å². The summed E-state index contributed by atoms with van der Waals surface area (Å²) < 4.78 is 0. The van der Waals surface area contributed by atoms with E-state index in [0.29, 0.717) is 5.92 Å². The Morgan fingerprint density at radius 2 is 2.00 bits per heavy atom. The molecule has 0 aromatic heterocycles. The van der Waals surface area contributed by atoms with E-state index in [4.69, 9.17) is 5.11 Å². The molecule has 0 atom stereocenters. The largest absolute Gasteiger partial charge is 0.392 e. The number of aliphatic hydroxyl groups excluding tert-OH is 1. The quantitative estimate of drug-likeness (QED) is 0.712. The third-order valence-corrected chi connectivity index (χ3v) is 2.21. The third kappa shape index (κ3) is 1.86. The van der Waals surface area contributed by atoms with Gasteiger partial charge in [0.15, 0.2) is 0 Å². The molecule has 1 aromatic carbocycles. The van der Waals surface area contributed by atoms with E-state index in [2.05, 4.69) is 32.0 Å². The second-order valence-corrected chi connectivity index (χ2v) is 3.50. The van der Waals surface area contributed by atoms with Gasteiger partial charge in [0, 0.05) is 0 Å². The molecule has 66 valence electrons. The van der Waals surface area contributed by atoms with E-state index in [0.717, 1.165) is 5.56 Å². The minimum absolute atomic E-state index is 0.145. The first kappa shape index (κ1) is 9.27. The van der Waals surface area contributed by atoms with Crippen molar-refractivity contribution in [3.8, 4) is 0 Å². The zero-order valence-corrected chi connectivity index (χ0v) is 7.96. The normalized spacial score (nSPS) is 10.8. The van der Waals surface area contributed by atoms with Gasteiger partial charge in [0.2, 0.25) is 0 Å². The summed E-state index contributed by atoms with van der Waals surface area (Å²) in [4.78, 5) is 0. The molecule has 1 nitrogen and oxygen atoms in total. The molecular weight excluding hydrogens is 148 g/mol. The molecule has 0 spiro atoms. The monoisotopic (exact) mass is 164 g/mol. The van der Waals surface area contributed by atoms with Crippen LogP contribution in [0.4, 0.5) is 0 Å². The van der Waals surface area contributed by atoms with Gasteiger partial charge in [-0.2, -0.15) is 0 Å². The first-order valence-corrected chi connectivity index (χ1v) is 4.35. The van der Waals surface area contributed by atoms with Gasteiger partial charge in [0.05, 0.1) is 6.61 Å². The van der Waals surface area contributed by atoms with Gasteiger partial charge in [-0.25, -0.2) is 0 Å². The molecule has 0 unspecified atom stereocenters. The van der Waals surface area contributed by atoms with E-state index >= 15 is 0 Å². The van der Waals surface area contributed by atoms with Crippen LogP contribution in [0.5, 0.6) is 0 Å². The summed E-state index contributed by atoms with van der Waals surface area (Å²) in [5.41, 5.74) is 3.51. The van der Waals surface area contributed by atoms with Crippen LogP contribution in [-0.2, 0) is 6.61 Å². The highest BCUT2D eigenvalue weighted by molar-refractivity contribution is 5.31. The van der Waals surface area contributed by atoms with Crippen molar-refractivity contribution >= 4 is 0 Å². The molecule has 1 rings (SSSR count). The van der Waals surface area contributed by atoms with Crippen LogP contribution < -0.4 is 0 Å². The standard InChI is InChI=1S/C11H16O/c1-8(2)10-5-4-9(3)11(6-10)7-12/h4-6,8,12H,7H2,1-3H3. The van der Waals surface area contributed by atoms with Crippen molar-refractivity contribution in [2.75, 3.05) is 0 Å². The van der Waals surface area contributed by atoms with Crippen molar-refractivity contribution in [2.24, 2.45) is 0 Å². The molecular formula is C11H16O. The first-order chi connectivity index (χ1) is 5.65. The Balaban J connectivity index is 3.05. The highest BCUT2D eigenvalue weighted by Crippen LogP contribution is 2.18. The summed E-state index contributed by atoms with van der Waals surface area (Å²) in [6.07, 6.45) is 0. The second-order valence-electron chi connectivity index (χ2n) is 3.50. The van der Waals surface area contributed by atoms with Crippen molar-refractivity contribution in [3.63, 3.8) is 0 Å². The van der Waals surface area contributed by atoms with Crippen molar-refractivity contribution in [1.29, 1.82) is 0 Å². The van der Waals surface area contributed by atoms with E-state index in [1.165, 1.54) is 11.1 Å². The molecule has 1 aromatic rings. The SMILES string of the molecule is Cc1ccc(C(C)C)cc1CO. The summed E-state index contributed by atoms with van der Waals surface area (Å²) in [6, 6.07) is 6.28. The highest BCUT2D eigenvalue weighted by Gasteiger charge is 2.01. The Hall–Kier alpha value is -0.820. The summed E-state index contributed by atoms with van der Waals surface area (Å²) in [7, 11) is 0. The molecule has 0 saturated carbocycles. The predicted octanol–water partition coefficient (Wildman–Crippen LogP) is 2.61. The summed E-state index contributed by atoms with van der Waals surface area (Å²) in [5, 5.41) is 9.02. The van der Waals surface area contributed by atoms with Crippen LogP contribution in [0.1, 0.15) is 36.5 Å². The molecule has 0 aliphatic rings. The fourth-order valence-corrected chi connectivity index (χ4v) is 1.22. The van der Waals surface area contributed by atoms with Gasteiger partial charge in [0.1, 0.15) is 0 Å². The molecule has 0 aliphatic carbocycles. The number of aryl methyl sites for hydroxylation is 1. The van der Waals surface area contributed by atoms with Gasteiger partial charge < -0.3 is 5.11 Å². The fraction of sp³-hybridized carbons (Fsp3) is 0.455. The number of benzene rings is 1. The van der Waals surface area contributed by atoms with E-state index < -0.39 is 0 Å². The maximum Gasteiger partial charge on any atom is 0.0684 e. The molecule has 0 saturated heterocycles. The Morgan fingerprint density at radius 3 is 2.50 bits per heavy atom. The van der Waals surface area contributed by atoms with E-state index in [1.807, 2.05) is 6.92 Å². The average Bonchev–Trinajstić information content (AvgIpc) is 2.05. The Kier molecular flexibility index (Phi) is 2.88. The number of aliphatic hydroxyl groups is 1. The minimum Gasteiger partial charge on any atom is -0.392 e. The van der Waals surface area contributed by atoms with Gasteiger partial charge in [-0.3, -0.25) is 0 Å². The van der Waals surface area contributed by atoms with Crippen LogP contribution >= 0.6 is 0 Å². The minimum atomic E-state index is 0.145. The van der Waals surface area contributed by atoms with Crippen LogP contribution in [-0.4, -0.2) is 5.11 Å². The first-order valence-electron chi connectivity index (χ1n) is 4.35. The lowest BCUT2D eigenvalue weighted by molar-refractivity contribution is 0.281. The average molecular weight is 164 g/mol. The van der Waals surface area contributed by atoms with Gasteiger partial charge in [-0.15, -0.1) is 0 Å². The van der Waals surface area contributed by atoms with Crippen molar-refractivity contribution in [2.45, 2.75) is 33.3 Å². The molecule has 0 aliphatic heterocycles. The molecule has 0 amide bonds. The highest BCUT2D eigenvalue weighted by atomic mass is 16.3. The van der Waals surface area contributed by atoms with Crippen molar-refractivity contribution < 1.29 is 5.11 Å². The van der Waals surface area contributed by atoms with Gasteiger partial charge >= 0.3 is 0 Å². The summed E-state index contributed by atoms with van der Waals surface area (Å²) in [5.74, 6) is 0.538. The Bertz CT molecular complexity index is 264. The Morgan fingerprint density at radius 1 is 1.33 bits per heavy atom. The lowest BCUT2D eigenvalue weighted by Gasteiger charge is -2.08. The molecule has 0 radical (unpaired) electrons. The Labute approximate surface area is 74.1 Å².